The lowest BCUT2D eigenvalue weighted by Gasteiger charge is -2.08. The molecule has 0 bridgehead atoms. The second-order valence-electron chi connectivity index (χ2n) is 4.25. The molecule has 0 atom stereocenters. The monoisotopic (exact) mass is 258 g/mol. The van der Waals surface area contributed by atoms with Crippen molar-refractivity contribution < 1.29 is 13.9 Å². The Morgan fingerprint density at radius 2 is 1.89 bits per heavy atom. The molecular formula is C16H15FO2. The zero-order valence-electron chi connectivity index (χ0n) is 10.7. The number of halogens is 1. The van der Waals surface area contributed by atoms with Crippen LogP contribution in [0.4, 0.5) is 4.39 Å². The zero-order chi connectivity index (χ0) is 13.7. The van der Waals surface area contributed by atoms with Gasteiger partial charge in [0.2, 0.25) is 0 Å². The third-order valence-corrected chi connectivity index (χ3v) is 2.96. The van der Waals surface area contributed by atoms with Crippen LogP contribution in [0.1, 0.15) is 22.3 Å². The smallest absolute Gasteiger partial charge is 0.163 e. The molecule has 3 heteroatoms. The van der Waals surface area contributed by atoms with Gasteiger partial charge in [-0.2, -0.15) is 0 Å². The number of benzene rings is 2. The number of ether oxygens (including phenoxy) is 1. The van der Waals surface area contributed by atoms with Crippen molar-refractivity contribution in [2.75, 3.05) is 7.11 Å². The lowest BCUT2D eigenvalue weighted by atomic mass is 10.0. The van der Waals surface area contributed by atoms with Crippen LogP contribution in [0.25, 0.3) is 0 Å². The molecule has 2 aromatic rings. The van der Waals surface area contributed by atoms with Crippen molar-refractivity contribution >= 4 is 5.78 Å². The summed E-state index contributed by atoms with van der Waals surface area (Å²) in [6.45, 7) is 0. The van der Waals surface area contributed by atoms with Crippen LogP contribution in [0.5, 0.6) is 5.75 Å². The van der Waals surface area contributed by atoms with Crippen molar-refractivity contribution in [3.63, 3.8) is 0 Å². The Kier molecular flexibility index (Phi) is 4.29. The van der Waals surface area contributed by atoms with Gasteiger partial charge in [0, 0.05) is 12.0 Å². The van der Waals surface area contributed by atoms with E-state index in [9.17, 15) is 9.18 Å². The quantitative estimate of drug-likeness (QED) is 0.765. The maximum absolute atomic E-state index is 13.2. The van der Waals surface area contributed by atoms with Gasteiger partial charge in [-0.25, -0.2) is 4.39 Å². The molecule has 0 saturated carbocycles. The Hall–Kier alpha value is -2.16. The molecule has 0 saturated heterocycles. The van der Waals surface area contributed by atoms with E-state index < -0.39 is 0 Å². The minimum Gasteiger partial charge on any atom is -0.496 e. The van der Waals surface area contributed by atoms with Gasteiger partial charge in [-0.1, -0.05) is 30.3 Å². The van der Waals surface area contributed by atoms with E-state index in [1.807, 2.05) is 18.2 Å². The summed E-state index contributed by atoms with van der Waals surface area (Å²) < 4.78 is 18.4. The molecule has 0 aliphatic carbocycles. The summed E-state index contributed by atoms with van der Waals surface area (Å²) in [5.41, 5.74) is 1.39. The van der Waals surface area contributed by atoms with Crippen molar-refractivity contribution in [3.05, 3.63) is 65.5 Å². The van der Waals surface area contributed by atoms with Crippen LogP contribution in [-0.4, -0.2) is 12.9 Å². The van der Waals surface area contributed by atoms with Crippen molar-refractivity contribution in [3.8, 4) is 5.75 Å². The number of ketones is 1. The zero-order valence-corrected chi connectivity index (χ0v) is 10.7. The topological polar surface area (TPSA) is 26.3 Å². The maximum Gasteiger partial charge on any atom is 0.163 e. The van der Waals surface area contributed by atoms with Crippen LogP contribution in [0.3, 0.4) is 0 Å². The minimum absolute atomic E-state index is 0.0481. The average Bonchev–Trinajstić information content (AvgIpc) is 2.46. The Morgan fingerprint density at radius 3 is 2.58 bits per heavy atom. The summed E-state index contributed by atoms with van der Waals surface area (Å²) >= 11 is 0. The standard InChI is InChI=1S/C16H15FO2/c1-19-16-10-8-14(17)11-13(16)7-9-15(18)12-5-3-2-4-6-12/h2-6,8,10-11H,7,9H2,1H3. The molecule has 0 aromatic heterocycles. The molecule has 0 spiro atoms. The van der Waals surface area contributed by atoms with Gasteiger partial charge in [0.1, 0.15) is 11.6 Å². The van der Waals surface area contributed by atoms with Crippen LogP contribution in [0.2, 0.25) is 0 Å². The van der Waals surface area contributed by atoms with Gasteiger partial charge < -0.3 is 4.74 Å². The van der Waals surface area contributed by atoms with Gasteiger partial charge in [0.25, 0.3) is 0 Å². The van der Waals surface area contributed by atoms with Gasteiger partial charge in [-0.05, 0) is 30.2 Å². The highest BCUT2D eigenvalue weighted by Gasteiger charge is 2.09. The van der Waals surface area contributed by atoms with Crippen molar-refractivity contribution in [2.45, 2.75) is 12.8 Å². The molecule has 0 aliphatic heterocycles. The van der Waals surface area contributed by atoms with E-state index in [0.29, 0.717) is 29.7 Å². The molecule has 19 heavy (non-hydrogen) atoms. The van der Waals surface area contributed by atoms with Gasteiger partial charge in [0.15, 0.2) is 5.78 Å². The van der Waals surface area contributed by atoms with E-state index in [1.165, 1.54) is 19.2 Å². The summed E-state index contributed by atoms with van der Waals surface area (Å²) in [5, 5.41) is 0. The van der Waals surface area contributed by atoms with E-state index >= 15 is 0 Å². The van der Waals surface area contributed by atoms with E-state index in [4.69, 9.17) is 4.74 Å². The fourth-order valence-corrected chi connectivity index (χ4v) is 1.96. The number of rotatable bonds is 5. The molecule has 0 aliphatic rings. The van der Waals surface area contributed by atoms with Crippen molar-refractivity contribution in [1.82, 2.24) is 0 Å². The molecule has 0 N–H and O–H groups in total. The van der Waals surface area contributed by atoms with Gasteiger partial charge in [-0.3, -0.25) is 4.79 Å². The third-order valence-electron chi connectivity index (χ3n) is 2.96. The highest BCUT2D eigenvalue weighted by molar-refractivity contribution is 5.96. The van der Waals surface area contributed by atoms with Crippen LogP contribution >= 0.6 is 0 Å². The van der Waals surface area contributed by atoms with Gasteiger partial charge in [-0.15, -0.1) is 0 Å². The van der Waals surface area contributed by atoms with Crippen LogP contribution < -0.4 is 4.74 Å². The fraction of sp³-hybridized carbons (Fsp3) is 0.188. The SMILES string of the molecule is COc1ccc(F)cc1CCC(=O)c1ccccc1. The van der Waals surface area contributed by atoms with Crippen molar-refractivity contribution in [2.24, 2.45) is 0 Å². The molecular weight excluding hydrogens is 243 g/mol. The summed E-state index contributed by atoms with van der Waals surface area (Å²) in [6, 6.07) is 13.4. The summed E-state index contributed by atoms with van der Waals surface area (Å²) in [7, 11) is 1.54. The maximum atomic E-state index is 13.2. The molecule has 98 valence electrons. The number of methoxy groups -OCH3 is 1. The number of carbonyl (C=O) groups is 1. The van der Waals surface area contributed by atoms with Crippen LogP contribution in [0, 0.1) is 5.82 Å². The third kappa shape index (κ3) is 3.41. The first-order valence-electron chi connectivity index (χ1n) is 6.11. The van der Waals surface area contributed by atoms with Gasteiger partial charge >= 0.3 is 0 Å². The molecule has 2 rings (SSSR count). The van der Waals surface area contributed by atoms with E-state index in [-0.39, 0.29) is 11.6 Å². The first kappa shape index (κ1) is 13.3. The van der Waals surface area contributed by atoms with Gasteiger partial charge in [0.05, 0.1) is 7.11 Å². The second kappa shape index (κ2) is 6.14. The van der Waals surface area contributed by atoms with E-state index in [0.717, 1.165) is 0 Å². The Morgan fingerprint density at radius 1 is 1.16 bits per heavy atom. The number of hydrogen-bond donors (Lipinski definition) is 0. The lowest BCUT2D eigenvalue weighted by molar-refractivity contribution is 0.0982. The molecule has 2 aromatic carbocycles. The molecule has 0 radical (unpaired) electrons. The lowest BCUT2D eigenvalue weighted by Crippen LogP contribution is -2.02. The fourth-order valence-electron chi connectivity index (χ4n) is 1.96. The van der Waals surface area contributed by atoms with Crippen LogP contribution in [-0.2, 0) is 6.42 Å². The molecule has 2 nitrogen and oxygen atoms in total. The number of aryl methyl sites for hydroxylation is 1. The van der Waals surface area contributed by atoms with E-state index in [2.05, 4.69) is 0 Å². The highest BCUT2D eigenvalue weighted by Crippen LogP contribution is 2.21. The first-order chi connectivity index (χ1) is 9.20. The normalized spacial score (nSPS) is 10.2. The number of carbonyl (C=O) groups excluding carboxylic acids is 1. The van der Waals surface area contributed by atoms with Crippen molar-refractivity contribution in [1.29, 1.82) is 0 Å². The summed E-state index contributed by atoms with van der Waals surface area (Å²) in [6.07, 6.45) is 0.804. The molecule has 0 amide bonds. The minimum atomic E-state index is -0.317. The Labute approximate surface area is 111 Å². The highest BCUT2D eigenvalue weighted by atomic mass is 19.1. The predicted molar refractivity (Wildman–Crippen MR) is 72.0 cm³/mol. The Balaban J connectivity index is 2.07. The van der Waals surface area contributed by atoms with E-state index in [1.54, 1.807) is 18.2 Å². The second-order valence-corrected chi connectivity index (χ2v) is 4.25. The average molecular weight is 258 g/mol. The summed E-state index contributed by atoms with van der Waals surface area (Å²) in [4.78, 5) is 12.0. The largest absolute Gasteiger partial charge is 0.496 e. The predicted octanol–water partition coefficient (Wildman–Crippen LogP) is 3.65. The molecule has 0 unspecified atom stereocenters. The first-order valence-corrected chi connectivity index (χ1v) is 6.11. The van der Waals surface area contributed by atoms with Crippen LogP contribution in [0.15, 0.2) is 48.5 Å². The number of hydrogen-bond acceptors (Lipinski definition) is 2. The summed E-state index contributed by atoms with van der Waals surface area (Å²) in [5.74, 6) is 0.345. The Bertz CT molecular complexity index is 564. The molecule has 0 fully saturated rings. The molecule has 0 heterocycles. The number of Topliss-reactive ketones (excluding diaryl/α,β-unsaturated/α-hetero) is 1.